The molecule has 0 bridgehead atoms. The van der Waals surface area contributed by atoms with Gasteiger partial charge in [-0.25, -0.2) is 4.39 Å². The number of hydrogen-bond donors (Lipinski definition) is 0. The molecule has 0 saturated heterocycles. The fraction of sp³-hybridized carbons (Fsp3) is 0.875. The molecule has 1 nitrogen and oxygen atoms in total. The van der Waals surface area contributed by atoms with Crippen LogP contribution in [0, 0.1) is 5.41 Å². The van der Waals surface area contributed by atoms with Crippen LogP contribution in [0.3, 0.4) is 0 Å². The van der Waals surface area contributed by atoms with Gasteiger partial charge in [-0.15, -0.1) is 0 Å². The Morgan fingerprint density at radius 2 is 2.10 bits per heavy atom. The van der Waals surface area contributed by atoms with Gasteiger partial charge in [0.25, 0.3) is 0 Å². The second kappa shape index (κ2) is 1.80. The second-order valence-corrected chi connectivity index (χ2v) is 3.64. The minimum absolute atomic E-state index is 0.169. The van der Waals surface area contributed by atoms with Crippen LogP contribution in [0.4, 0.5) is 4.39 Å². The average molecular weight is 142 g/mol. The quantitative estimate of drug-likeness (QED) is 0.504. The maximum absolute atomic E-state index is 12.8. The number of Topliss-reactive ketones (excluding diaryl/α,β-unsaturated/α-hetero) is 1. The molecule has 1 spiro atoms. The Morgan fingerprint density at radius 3 is 2.60 bits per heavy atom. The molecule has 2 aliphatic rings. The fourth-order valence-electron chi connectivity index (χ4n) is 1.77. The van der Waals surface area contributed by atoms with Crippen molar-refractivity contribution in [3.05, 3.63) is 0 Å². The van der Waals surface area contributed by atoms with Crippen LogP contribution in [0.15, 0.2) is 0 Å². The van der Waals surface area contributed by atoms with Crippen LogP contribution in [0.2, 0.25) is 0 Å². The number of carbonyl (C=O) groups is 1. The Kier molecular flexibility index (Phi) is 1.14. The van der Waals surface area contributed by atoms with Gasteiger partial charge in [0, 0.05) is 6.42 Å². The van der Waals surface area contributed by atoms with E-state index in [-0.39, 0.29) is 11.2 Å². The smallest absolute Gasteiger partial charge is 0.166 e. The molecule has 0 aromatic heterocycles. The minimum atomic E-state index is -1.13. The van der Waals surface area contributed by atoms with Crippen LogP contribution in [-0.4, -0.2) is 12.0 Å². The molecule has 0 radical (unpaired) electrons. The first-order valence-corrected chi connectivity index (χ1v) is 3.89. The van der Waals surface area contributed by atoms with Crippen molar-refractivity contribution in [3.63, 3.8) is 0 Å². The van der Waals surface area contributed by atoms with Crippen molar-refractivity contribution in [3.8, 4) is 0 Å². The minimum Gasteiger partial charge on any atom is -0.296 e. The summed E-state index contributed by atoms with van der Waals surface area (Å²) < 4.78 is 12.8. The highest BCUT2D eigenvalue weighted by Gasteiger charge is 2.48. The van der Waals surface area contributed by atoms with Gasteiger partial charge in [0.2, 0.25) is 0 Å². The molecule has 0 aromatic rings. The highest BCUT2D eigenvalue weighted by atomic mass is 19.1. The highest BCUT2D eigenvalue weighted by molar-refractivity contribution is 5.84. The van der Waals surface area contributed by atoms with Crippen LogP contribution in [0.25, 0.3) is 0 Å². The van der Waals surface area contributed by atoms with E-state index in [1.54, 1.807) is 0 Å². The number of halogens is 1. The van der Waals surface area contributed by atoms with Crippen LogP contribution in [0.1, 0.15) is 32.1 Å². The molecule has 56 valence electrons. The molecule has 1 atom stereocenters. The average Bonchev–Trinajstić information content (AvgIpc) is 2.62. The molecule has 0 unspecified atom stereocenters. The Labute approximate surface area is 59.6 Å². The third-order valence-electron chi connectivity index (χ3n) is 2.82. The lowest BCUT2D eigenvalue weighted by Crippen LogP contribution is -2.26. The normalized spacial score (nSPS) is 36.5. The first-order valence-electron chi connectivity index (χ1n) is 3.89. The van der Waals surface area contributed by atoms with Gasteiger partial charge in [0.05, 0.1) is 0 Å². The molecule has 2 saturated carbocycles. The zero-order valence-electron chi connectivity index (χ0n) is 5.90. The lowest BCUT2D eigenvalue weighted by atomic mass is 9.84. The maximum Gasteiger partial charge on any atom is 0.166 e. The van der Waals surface area contributed by atoms with E-state index >= 15 is 0 Å². The molecule has 10 heavy (non-hydrogen) atoms. The molecule has 0 aromatic carbocycles. The molecule has 0 heterocycles. The summed E-state index contributed by atoms with van der Waals surface area (Å²) in [6.45, 7) is 0. The fourth-order valence-corrected chi connectivity index (χ4v) is 1.77. The van der Waals surface area contributed by atoms with E-state index in [1.807, 2.05) is 0 Å². The van der Waals surface area contributed by atoms with Crippen molar-refractivity contribution in [1.82, 2.24) is 0 Å². The molecule has 2 fully saturated rings. The van der Waals surface area contributed by atoms with E-state index < -0.39 is 6.17 Å². The van der Waals surface area contributed by atoms with Crippen molar-refractivity contribution in [2.75, 3.05) is 0 Å². The van der Waals surface area contributed by atoms with Crippen molar-refractivity contribution in [2.24, 2.45) is 5.41 Å². The lowest BCUT2D eigenvalue weighted by Gasteiger charge is -2.22. The molecule has 0 amide bonds. The number of ketones is 1. The number of carbonyl (C=O) groups excluding carboxylic acids is 1. The molecule has 2 rings (SSSR count). The van der Waals surface area contributed by atoms with Gasteiger partial charge in [-0.1, -0.05) is 0 Å². The summed E-state index contributed by atoms with van der Waals surface area (Å²) in [6.07, 6.45) is 3.14. The summed E-state index contributed by atoms with van der Waals surface area (Å²) in [5, 5.41) is 0. The van der Waals surface area contributed by atoms with Gasteiger partial charge in [-0.2, -0.15) is 0 Å². The number of hydrogen-bond acceptors (Lipinski definition) is 1. The Morgan fingerprint density at radius 1 is 1.40 bits per heavy atom. The largest absolute Gasteiger partial charge is 0.296 e. The second-order valence-electron chi connectivity index (χ2n) is 3.64. The van der Waals surface area contributed by atoms with E-state index in [2.05, 4.69) is 0 Å². The Bertz CT molecular complexity index is 172. The standard InChI is InChI=1S/C8H11FO/c9-6-5-8(3-4-8)2-1-7(6)10/h6H,1-5H2/t6-/m1/s1. The van der Waals surface area contributed by atoms with Gasteiger partial charge < -0.3 is 0 Å². The van der Waals surface area contributed by atoms with Gasteiger partial charge >= 0.3 is 0 Å². The van der Waals surface area contributed by atoms with Crippen LogP contribution < -0.4 is 0 Å². The zero-order valence-corrected chi connectivity index (χ0v) is 5.90. The molecular formula is C8H11FO. The van der Waals surface area contributed by atoms with Crippen LogP contribution >= 0.6 is 0 Å². The molecule has 0 aliphatic heterocycles. The van der Waals surface area contributed by atoms with Crippen molar-refractivity contribution in [1.29, 1.82) is 0 Å². The maximum atomic E-state index is 12.8. The summed E-state index contributed by atoms with van der Waals surface area (Å²) in [4.78, 5) is 10.7. The van der Waals surface area contributed by atoms with Crippen molar-refractivity contribution in [2.45, 2.75) is 38.3 Å². The van der Waals surface area contributed by atoms with Gasteiger partial charge in [-0.05, 0) is 31.1 Å². The Hall–Kier alpha value is -0.400. The molecular weight excluding hydrogens is 131 g/mol. The molecule has 2 heteroatoms. The van der Waals surface area contributed by atoms with E-state index in [4.69, 9.17) is 0 Å². The van der Waals surface area contributed by atoms with E-state index in [1.165, 1.54) is 0 Å². The van der Waals surface area contributed by atoms with Gasteiger partial charge in [-0.3, -0.25) is 4.79 Å². The third kappa shape index (κ3) is 0.862. The predicted molar refractivity (Wildman–Crippen MR) is 35.4 cm³/mol. The van der Waals surface area contributed by atoms with E-state index in [0.717, 1.165) is 19.3 Å². The highest BCUT2D eigenvalue weighted by Crippen LogP contribution is 2.55. The first kappa shape index (κ1) is 6.32. The van der Waals surface area contributed by atoms with Gasteiger partial charge in [0.15, 0.2) is 12.0 Å². The lowest BCUT2D eigenvalue weighted by molar-refractivity contribution is -0.127. The van der Waals surface area contributed by atoms with E-state index in [0.29, 0.717) is 12.8 Å². The summed E-state index contributed by atoms with van der Waals surface area (Å²) in [6, 6.07) is 0. The van der Waals surface area contributed by atoms with Gasteiger partial charge in [0.1, 0.15) is 0 Å². The Balaban J connectivity index is 2.04. The number of alkyl halides is 1. The summed E-state index contributed by atoms with van der Waals surface area (Å²) >= 11 is 0. The van der Waals surface area contributed by atoms with Crippen LogP contribution in [-0.2, 0) is 4.79 Å². The summed E-state index contributed by atoms with van der Waals surface area (Å²) in [5.74, 6) is -0.169. The van der Waals surface area contributed by atoms with Crippen molar-refractivity contribution < 1.29 is 9.18 Å². The summed E-state index contributed by atoms with van der Waals surface area (Å²) in [5.41, 5.74) is 0.285. The molecule has 0 N–H and O–H groups in total. The number of rotatable bonds is 0. The monoisotopic (exact) mass is 142 g/mol. The first-order chi connectivity index (χ1) is 4.72. The predicted octanol–water partition coefficient (Wildman–Crippen LogP) is 1.86. The van der Waals surface area contributed by atoms with Crippen molar-refractivity contribution >= 4 is 5.78 Å². The zero-order chi connectivity index (χ0) is 7.19. The van der Waals surface area contributed by atoms with E-state index in [9.17, 15) is 9.18 Å². The third-order valence-corrected chi connectivity index (χ3v) is 2.82. The van der Waals surface area contributed by atoms with Crippen LogP contribution in [0.5, 0.6) is 0 Å². The topological polar surface area (TPSA) is 17.1 Å². The SMILES string of the molecule is O=C1CCC2(CC2)C[C@H]1F. The molecule has 2 aliphatic carbocycles. The summed E-state index contributed by atoms with van der Waals surface area (Å²) in [7, 11) is 0.